The summed E-state index contributed by atoms with van der Waals surface area (Å²) < 4.78 is 2.37. The Labute approximate surface area is 88.7 Å². The predicted molar refractivity (Wildman–Crippen MR) is 62.1 cm³/mol. The fourth-order valence-electron chi connectivity index (χ4n) is 1.46. The van der Waals surface area contributed by atoms with Crippen LogP contribution in [0.4, 0.5) is 0 Å². The maximum atomic E-state index is 10.5. The first-order valence-corrected chi connectivity index (χ1v) is 6.72. The standard InChI is InChI=1S/C10H22NO2P/c1-4-9(8-10(12)13)6-7-11(5-2)14-3/h9,14H,4-8H2,1-3H3,(H,12,13). The van der Waals surface area contributed by atoms with Gasteiger partial charge in [-0.05, 0) is 25.5 Å². The molecule has 14 heavy (non-hydrogen) atoms. The SMILES string of the molecule is CCC(CCN(CC)PC)CC(=O)O. The van der Waals surface area contributed by atoms with E-state index in [-0.39, 0.29) is 0 Å². The predicted octanol–water partition coefficient (Wildman–Crippen LogP) is 2.42. The van der Waals surface area contributed by atoms with E-state index in [0.29, 0.717) is 12.3 Å². The summed E-state index contributed by atoms with van der Waals surface area (Å²) >= 11 is 0. The Bertz CT molecular complexity index is 160. The van der Waals surface area contributed by atoms with Gasteiger partial charge in [0.05, 0.1) is 0 Å². The van der Waals surface area contributed by atoms with Gasteiger partial charge in [-0.25, -0.2) is 0 Å². The molecule has 0 saturated carbocycles. The van der Waals surface area contributed by atoms with E-state index < -0.39 is 5.97 Å². The maximum Gasteiger partial charge on any atom is 0.303 e. The van der Waals surface area contributed by atoms with Gasteiger partial charge in [0.1, 0.15) is 0 Å². The Kier molecular flexibility index (Phi) is 8.11. The lowest BCUT2D eigenvalue weighted by atomic mass is 9.99. The van der Waals surface area contributed by atoms with Crippen LogP contribution in [0.15, 0.2) is 0 Å². The molecule has 84 valence electrons. The Balaban J connectivity index is 3.76. The molecule has 0 aromatic heterocycles. The van der Waals surface area contributed by atoms with Crippen LogP contribution in [0.1, 0.15) is 33.1 Å². The van der Waals surface area contributed by atoms with Crippen LogP contribution < -0.4 is 0 Å². The summed E-state index contributed by atoms with van der Waals surface area (Å²) in [7, 11) is 0.832. The molecule has 1 N–H and O–H groups in total. The Morgan fingerprint density at radius 1 is 1.50 bits per heavy atom. The number of hydrogen-bond donors (Lipinski definition) is 1. The van der Waals surface area contributed by atoms with Gasteiger partial charge in [0.25, 0.3) is 0 Å². The summed E-state index contributed by atoms with van der Waals surface area (Å²) in [6.07, 6.45) is 2.30. The first-order valence-electron chi connectivity index (χ1n) is 5.28. The molecule has 0 aromatic carbocycles. The van der Waals surface area contributed by atoms with E-state index in [0.717, 1.165) is 34.7 Å². The number of carbonyl (C=O) groups is 1. The van der Waals surface area contributed by atoms with Crippen molar-refractivity contribution in [3.8, 4) is 0 Å². The molecule has 0 rings (SSSR count). The van der Waals surface area contributed by atoms with E-state index in [1.54, 1.807) is 0 Å². The largest absolute Gasteiger partial charge is 0.481 e. The van der Waals surface area contributed by atoms with Crippen LogP contribution in [0, 0.1) is 5.92 Å². The molecule has 0 saturated heterocycles. The second-order valence-electron chi connectivity index (χ2n) is 3.46. The van der Waals surface area contributed by atoms with Gasteiger partial charge in [-0.1, -0.05) is 29.0 Å². The number of aliphatic carboxylic acids is 1. The van der Waals surface area contributed by atoms with Crippen LogP contribution in [-0.4, -0.2) is 35.5 Å². The highest BCUT2D eigenvalue weighted by Gasteiger charge is 2.12. The lowest BCUT2D eigenvalue weighted by Gasteiger charge is -2.20. The molecule has 0 spiro atoms. The summed E-state index contributed by atoms with van der Waals surface area (Å²) in [5, 5.41) is 8.68. The van der Waals surface area contributed by atoms with Crippen molar-refractivity contribution in [3.05, 3.63) is 0 Å². The maximum absolute atomic E-state index is 10.5. The van der Waals surface area contributed by atoms with Gasteiger partial charge >= 0.3 is 5.97 Å². The molecule has 0 aliphatic rings. The molecule has 0 amide bonds. The molecule has 2 unspecified atom stereocenters. The minimum atomic E-state index is -0.668. The number of hydrogen-bond acceptors (Lipinski definition) is 2. The topological polar surface area (TPSA) is 40.5 Å². The second kappa shape index (κ2) is 8.19. The van der Waals surface area contributed by atoms with Gasteiger partial charge in [0.2, 0.25) is 0 Å². The summed E-state index contributed by atoms with van der Waals surface area (Å²) in [6.45, 7) is 8.49. The number of rotatable bonds is 8. The van der Waals surface area contributed by atoms with Crippen molar-refractivity contribution >= 4 is 14.7 Å². The molecule has 0 fully saturated rings. The summed E-state index contributed by atoms with van der Waals surface area (Å²) in [5.74, 6) is -0.322. The summed E-state index contributed by atoms with van der Waals surface area (Å²) in [6, 6.07) is 0. The van der Waals surface area contributed by atoms with Gasteiger partial charge in [0, 0.05) is 13.0 Å². The Morgan fingerprint density at radius 2 is 2.14 bits per heavy atom. The van der Waals surface area contributed by atoms with E-state index in [2.05, 4.69) is 25.2 Å². The van der Waals surface area contributed by atoms with Gasteiger partial charge < -0.3 is 5.11 Å². The Morgan fingerprint density at radius 3 is 2.50 bits per heavy atom. The molecule has 0 bridgehead atoms. The molecular weight excluding hydrogens is 197 g/mol. The molecule has 4 heteroatoms. The van der Waals surface area contributed by atoms with Crippen molar-refractivity contribution in [1.29, 1.82) is 0 Å². The third kappa shape index (κ3) is 6.33. The molecule has 0 aliphatic heterocycles. The van der Waals surface area contributed by atoms with Crippen molar-refractivity contribution in [3.63, 3.8) is 0 Å². The van der Waals surface area contributed by atoms with Crippen molar-refractivity contribution in [2.45, 2.75) is 33.1 Å². The van der Waals surface area contributed by atoms with E-state index in [4.69, 9.17) is 5.11 Å². The smallest absolute Gasteiger partial charge is 0.303 e. The molecule has 3 nitrogen and oxygen atoms in total. The number of carboxylic acids is 1. The van der Waals surface area contributed by atoms with E-state index in [9.17, 15) is 4.79 Å². The normalized spacial score (nSPS) is 14.0. The van der Waals surface area contributed by atoms with Crippen LogP contribution >= 0.6 is 8.73 Å². The average Bonchev–Trinajstić information content (AvgIpc) is 2.17. The van der Waals surface area contributed by atoms with E-state index >= 15 is 0 Å². The minimum absolute atomic E-state index is 0.320. The fourth-order valence-corrected chi connectivity index (χ4v) is 2.13. The average molecular weight is 219 g/mol. The quantitative estimate of drug-likeness (QED) is 0.637. The lowest BCUT2D eigenvalue weighted by Crippen LogP contribution is -2.18. The highest BCUT2D eigenvalue weighted by atomic mass is 31.1. The Hall–Kier alpha value is -0.140. The minimum Gasteiger partial charge on any atom is -0.481 e. The van der Waals surface area contributed by atoms with E-state index in [1.165, 1.54) is 0 Å². The zero-order valence-corrected chi connectivity index (χ0v) is 10.4. The van der Waals surface area contributed by atoms with Gasteiger partial charge in [-0.3, -0.25) is 9.46 Å². The first kappa shape index (κ1) is 13.9. The zero-order valence-electron chi connectivity index (χ0n) is 9.42. The van der Waals surface area contributed by atoms with Crippen molar-refractivity contribution in [2.24, 2.45) is 5.92 Å². The monoisotopic (exact) mass is 219 g/mol. The molecule has 0 aromatic rings. The van der Waals surface area contributed by atoms with Gasteiger partial charge in [-0.15, -0.1) is 0 Å². The van der Waals surface area contributed by atoms with Crippen molar-refractivity contribution in [1.82, 2.24) is 4.67 Å². The van der Waals surface area contributed by atoms with Crippen molar-refractivity contribution in [2.75, 3.05) is 19.8 Å². The third-order valence-corrected chi connectivity index (χ3v) is 3.72. The van der Waals surface area contributed by atoms with Crippen LogP contribution in [0.25, 0.3) is 0 Å². The first-order chi connectivity index (χ1) is 6.63. The molecular formula is C10H22NO2P. The van der Waals surface area contributed by atoms with Crippen LogP contribution in [0.2, 0.25) is 0 Å². The zero-order chi connectivity index (χ0) is 11.0. The molecule has 2 atom stereocenters. The molecule has 0 radical (unpaired) electrons. The second-order valence-corrected chi connectivity index (χ2v) is 4.54. The van der Waals surface area contributed by atoms with Gasteiger partial charge in [0.15, 0.2) is 0 Å². The lowest BCUT2D eigenvalue weighted by molar-refractivity contribution is -0.138. The highest BCUT2D eigenvalue weighted by Crippen LogP contribution is 2.18. The number of nitrogens with zero attached hydrogens (tertiary/aromatic N) is 1. The number of carboxylic acid groups (broad SMARTS) is 1. The molecule has 0 heterocycles. The fraction of sp³-hybridized carbons (Fsp3) is 0.900. The van der Waals surface area contributed by atoms with E-state index in [1.807, 2.05) is 0 Å². The van der Waals surface area contributed by atoms with Crippen LogP contribution in [0.5, 0.6) is 0 Å². The highest BCUT2D eigenvalue weighted by molar-refractivity contribution is 7.34. The molecule has 0 aliphatic carbocycles. The summed E-state index contributed by atoms with van der Waals surface area (Å²) in [5.41, 5.74) is 0. The van der Waals surface area contributed by atoms with Gasteiger partial charge in [-0.2, -0.15) is 0 Å². The third-order valence-electron chi connectivity index (χ3n) is 2.55. The van der Waals surface area contributed by atoms with Crippen LogP contribution in [-0.2, 0) is 4.79 Å². The van der Waals surface area contributed by atoms with Crippen LogP contribution in [0.3, 0.4) is 0 Å². The summed E-state index contributed by atoms with van der Waals surface area (Å²) in [4.78, 5) is 10.5. The van der Waals surface area contributed by atoms with Crippen molar-refractivity contribution < 1.29 is 9.90 Å².